The van der Waals surface area contributed by atoms with Gasteiger partial charge in [0.1, 0.15) is 0 Å². The SMILES string of the molecule is CCCC(O)c1ccn(Cc2cccc([N+](=O)[O-])c2)c1. The zero-order valence-corrected chi connectivity index (χ0v) is 11.4. The number of nitro groups is 1. The molecule has 1 aromatic heterocycles. The molecule has 0 saturated heterocycles. The van der Waals surface area contributed by atoms with Crippen LogP contribution < -0.4 is 0 Å². The number of aromatic nitrogens is 1. The van der Waals surface area contributed by atoms with E-state index in [1.165, 1.54) is 6.07 Å². The number of rotatable bonds is 6. The minimum absolute atomic E-state index is 0.0981. The Bertz CT molecular complexity index is 592. The molecule has 1 aromatic carbocycles. The zero-order chi connectivity index (χ0) is 14.5. The minimum Gasteiger partial charge on any atom is -0.388 e. The van der Waals surface area contributed by atoms with Crippen molar-refractivity contribution in [1.82, 2.24) is 4.57 Å². The van der Waals surface area contributed by atoms with Crippen molar-refractivity contribution in [2.75, 3.05) is 0 Å². The fourth-order valence-corrected chi connectivity index (χ4v) is 2.17. The average Bonchev–Trinajstić information content (AvgIpc) is 2.88. The van der Waals surface area contributed by atoms with Crippen LogP contribution in [0.15, 0.2) is 42.7 Å². The molecule has 106 valence electrons. The first-order valence-corrected chi connectivity index (χ1v) is 6.67. The average molecular weight is 274 g/mol. The van der Waals surface area contributed by atoms with E-state index in [1.54, 1.807) is 12.1 Å². The van der Waals surface area contributed by atoms with Gasteiger partial charge in [-0.05, 0) is 23.6 Å². The summed E-state index contributed by atoms with van der Waals surface area (Å²) in [5.74, 6) is 0. The molecular formula is C15H18N2O3. The predicted octanol–water partition coefficient (Wildman–Crippen LogP) is 3.28. The monoisotopic (exact) mass is 274 g/mol. The molecule has 1 unspecified atom stereocenters. The van der Waals surface area contributed by atoms with Crippen LogP contribution in [0.25, 0.3) is 0 Å². The van der Waals surface area contributed by atoms with Gasteiger partial charge in [0.25, 0.3) is 5.69 Å². The Morgan fingerprint density at radius 2 is 2.20 bits per heavy atom. The summed E-state index contributed by atoms with van der Waals surface area (Å²) in [6.07, 6.45) is 5.00. The Morgan fingerprint density at radius 3 is 2.90 bits per heavy atom. The molecule has 1 N–H and O–H groups in total. The van der Waals surface area contributed by atoms with Crippen LogP contribution >= 0.6 is 0 Å². The molecule has 0 fully saturated rings. The third kappa shape index (κ3) is 3.45. The van der Waals surface area contributed by atoms with Crippen LogP contribution in [0.4, 0.5) is 5.69 Å². The Labute approximate surface area is 117 Å². The summed E-state index contributed by atoms with van der Waals surface area (Å²) in [5.41, 5.74) is 1.85. The normalized spacial score (nSPS) is 12.3. The van der Waals surface area contributed by atoms with Gasteiger partial charge in [0.2, 0.25) is 0 Å². The first-order chi connectivity index (χ1) is 9.60. The van der Waals surface area contributed by atoms with Gasteiger partial charge in [0, 0.05) is 31.1 Å². The number of hydrogen-bond acceptors (Lipinski definition) is 3. The molecule has 0 aliphatic heterocycles. The summed E-state index contributed by atoms with van der Waals surface area (Å²) in [4.78, 5) is 10.3. The Morgan fingerprint density at radius 1 is 1.40 bits per heavy atom. The molecule has 2 aromatic rings. The highest BCUT2D eigenvalue weighted by Gasteiger charge is 2.09. The molecular weight excluding hydrogens is 256 g/mol. The fraction of sp³-hybridized carbons (Fsp3) is 0.333. The largest absolute Gasteiger partial charge is 0.388 e. The number of nitro benzene ring substituents is 1. The van der Waals surface area contributed by atoms with Crippen molar-refractivity contribution in [3.05, 3.63) is 64.0 Å². The van der Waals surface area contributed by atoms with Gasteiger partial charge in [-0.15, -0.1) is 0 Å². The van der Waals surface area contributed by atoms with Crippen molar-refractivity contribution in [2.45, 2.75) is 32.4 Å². The highest BCUT2D eigenvalue weighted by Crippen LogP contribution is 2.19. The van der Waals surface area contributed by atoms with Gasteiger partial charge in [-0.2, -0.15) is 0 Å². The molecule has 0 amide bonds. The van der Waals surface area contributed by atoms with E-state index in [0.29, 0.717) is 6.54 Å². The Balaban J connectivity index is 2.10. The van der Waals surface area contributed by atoms with E-state index in [-0.39, 0.29) is 5.69 Å². The lowest BCUT2D eigenvalue weighted by atomic mass is 10.1. The van der Waals surface area contributed by atoms with E-state index >= 15 is 0 Å². The maximum absolute atomic E-state index is 10.7. The standard InChI is InChI=1S/C15H18N2O3/c1-2-4-15(18)13-7-8-16(11-13)10-12-5-3-6-14(9-12)17(19)20/h3,5-9,11,15,18H,2,4,10H2,1H3. The number of nitrogens with zero attached hydrogens (tertiary/aromatic N) is 2. The van der Waals surface area contributed by atoms with E-state index in [2.05, 4.69) is 0 Å². The maximum Gasteiger partial charge on any atom is 0.269 e. The van der Waals surface area contributed by atoms with E-state index in [9.17, 15) is 15.2 Å². The maximum atomic E-state index is 10.7. The van der Waals surface area contributed by atoms with Gasteiger partial charge >= 0.3 is 0 Å². The van der Waals surface area contributed by atoms with Crippen molar-refractivity contribution in [1.29, 1.82) is 0 Å². The first-order valence-electron chi connectivity index (χ1n) is 6.67. The Hall–Kier alpha value is -2.14. The molecule has 1 atom stereocenters. The van der Waals surface area contributed by atoms with E-state index in [0.717, 1.165) is 24.0 Å². The second-order valence-corrected chi connectivity index (χ2v) is 4.85. The van der Waals surface area contributed by atoms with Gasteiger partial charge in [-0.1, -0.05) is 25.5 Å². The van der Waals surface area contributed by atoms with Crippen molar-refractivity contribution >= 4 is 5.69 Å². The molecule has 5 nitrogen and oxygen atoms in total. The lowest BCUT2D eigenvalue weighted by Crippen LogP contribution is -1.99. The molecule has 0 spiro atoms. The molecule has 0 bridgehead atoms. The zero-order valence-electron chi connectivity index (χ0n) is 11.4. The third-order valence-electron chi connectivity index (χ3n) is 3.21. The molecule has 20 heavy (non-hydrogen) atoms. The van der Waals surface area contributed by atoms with Crippen LogP contribution in [0.5, 0.6) is 0 Å². The lowest BCUT2D eigenvalue weighted by Gasteiger charge is -2.06. The summed E-state index contributed by atoms with van der Waals surface area (Å²) < 4.78 is 1.92. The number of aliphatic hydroxyl groups excluding tert-OH is 1. The highest BCUT2D eigenvalue weighted by molar-refractivity contribution is 5.34. The van der Waals surface area contributed by atoms with Crippen LogP contribution in [-0.4, -0.2) is 14.6 Å². The van der Waals surface area contributed by atoms with Crippen LogP contribution in [0.3, 0.4) is 0 Å². The Kier molecular flexibility index (Phi) is 4.53. The smallest absolute Gasteiger partial charge is 0.269 e. The van der Waals surface area contributed by atoms with Crippen LogP contribution in [0.2, 0.25) is 0 Å². The summed E-state index contributed by atoms with van der Waals surface area (Å²) in [6, 6.07) is 8.48. The van der Waals surface area contributed by atoms with E-state index in [1.807, 2.05) is 36.0 Å². The molecule has 0 radical (unpaired) electrons. The molecule has 2 rings (SSSR count). The molecule has 0 saturated carbocycles. The first kappa shape index (κ1) is 14.3. The molecule has 1 heterocycles. The van der Waals surface area contributed by atoms with Gasteiger partial charge in [-0.3, -0.25) is 10.1 Å². The van der Waals surface area contributed by atoms with Crippen LogP contribution in [-0.2, 0) is 6.54 Å². The summed E-state index contributed by atoms with van der Waals surface area (Å²) >= 11 is 0. The second kappa shape index (κ2) is 6.34. The van der Waals surface area contributed by atoms with Crippen molar-refractivity contribution in [2.24, 2.45) is 0 Å². The van der Waals surface area contributed by atoms with Crippen molar-refractivity contribution < 1.29 is 10.0 Å². The predicted molar refractivity (Wildman–Crippen MR) is 76.5 cm³/mol. The summed E-state index contributed by atoms with van der Waals surface area (Å²) in [5, 5.41) is 20.7. The fourth-order valence-electron chi connectivity index (χ4n) is 2.17. The van der Waals surface area contributed by atoms with Gasteiger partial charge in [-0.25, -0.2) is 0 Å². The minimum atomic E-state index is -0.439. The van der Waals surface area contributed by atoms with Gasteiger partial charge in [0.15, 0.2) is 0 Å². The summed E-state index contributed by atoms with van der Waals surface area (Å²) in [6.45, 7) is 2.59. The van der Waals surface area contributed by atoms with Crippen LogP contribution in [0, 0.1) is 10.1 Å². The number of aliphatic hydroxyl groups is 1. The van der Waals surface area contributed by atoms with Crippen molar-refractivity contribution in [3.8, 4) is 0 Å². The number of hydrogen-bond donors (Lipinski definition) is 1. The lowest BCUT2D eigenvalue weighted by molar-refractivity contribution is -0.384. The highest BCUT2D eigenvalue weighted by atomic mass is 16.6. The van der Waals surface area contributed by atoms with Crippen molar-refractivity contribution in [3.63, 3.8) is 0 Å². The molecule has 0 aliphatic rings. The second-order valence-electron chi connectivity index (χ2n) is 4.85. The van der Waals surface area contributed by atoms with E-state index < -0.39 is 11.0 Å². The van der Waals surface area contributed by atoms with Crippen LogP contribution in [0.1, 0.15) is 37.0 Å². The quantitative estimate of drug-likeness (QED) is 0.649. The molecule has 0 aliphatic carbocycles. The number of non-ortho nitro benzene ring substituents is 1. The molecule has 5 heteroatoms. The third-order valence-corrected chi connectivity index (χ3v) is 3.21. The van der Waals surface area contributed by atoms with Gasteiger partial charge < -0.3 is 9.67 Å². The van der Waals surface area contributed by atoms with E-state index in [4.69, 9.17) is 0 Å². The topological polar surface area (TPSA) is 68.3 Å². The van der Waals surface area contributed by atoms with Gasteiger partial charge in [0.05, 0.1) is 11.0 Å². The number of benzene rings is 1. The summed E-state index contributed by atoms with van der Waals surface area (Å²) in [7, 11) is 0.